The highest BCUT2D eigenvalue weighted by molar-refractivity contribution is 7.99. The summed E-state index contributed by atoms with van der Waals surface area (Å²) in [6.07, 6.45) is 0.171. The molecule has 11 heteroatoms. The van der Waals surface area contributed by atoms with Gasteiger partial charge in [-0.1, -0.05) is 41.3 Å². The zero-order valence-electron chi connectivity index (χ0n) is 16.7. The number of anilines is 1. The van der Waals surface area contributed by atoms with Crippen LogP contribution < -0.4 is 10.6 Å². The summed E-state index contributed by atoms with van der Waals surface area (Å²) < 4.78 is 2.89. The van der Waals surface area contributed by atoms with E-state index < -0.39 is 5.91 Å². The smallest absolute Gasteiger partial charge is 0.239 e. The van der Waals surface area contributed by atoms with E-state index in [9.17, 15) is 9.59 Å². The van der Waals surface area contributed by atoms with Crippen LogP contribution in [0.3, 0.4) is 0 Å². The monoisotopic (exact) mass is 472 g/mol. The molecule has 0 aliphatic heterocycles. The van der Waals surface area contributed by atoms with Crippen molar-refractivity contribution >= 4 is 61.6 Å². The highest BCUT2D eigenvalue weighted by atomic mass is 32.2. The zero-order chi connectivity index (χ0) is 21.8. The van der Waals surface area contributed by atoms with Crippen molar-refractivity contribution in [2.24, 2.45) is 5.73 Å². The molecule has 0 atom stereocenters. The Morgan fingerprint density at radius 2 is 2.03 bits per heavy atom. The first-order valence-corrected chi connectivity index (χ1v) is 12.3. The predicted octanol–water partition coefficient (Wildman–Crippen LogP) is 3.64. The standard InChI is InChI=1S/C20H20N6O2S3/c1-2-25(19-22-13-6-3-4-7-14(13)31-19)17(28)12-30-20-24-23-18(15-8-5-11-29-15)26(20)10-9-16(21)27/h3-8,11H,2,9-10,12H2,1H3,(H2,21,27). The number of primary amides is 1. The Morgan fingerprint density at radius 1 is 1.19 bits per heavy atom. The minimum absolute atomic E-state index is 0.0614. The van der Waals surface area contributed by atoms with Crippen LogP contribution in [0.25, 0.3) is 20.9 Å². The normalized spacial score (nSPS) is 11.1. The van der Waals surface area contributed by atoms with Gasteiger partial charge in [0.15, 0.2) is 16.1 Å². The molecule has 0 aliphatic rings. The van der Waals surface area contributed by atoms with Gasteiger partial charge in [-0.25, -0.2) is 4.98 Å². The number of rotatable bonds is 9. The first-order chi connectivity index (χ1) is 15.1. The molecule has 31 heavy (non-hydrogen) atoms. The van der Waals surface area contributed by atoms with E-state index in [0.29, 0.717) is 29.2 Å². The molecule has 0 spiro atoms. The van der Waals surface area contributed by atoms with Gasteiger partial charge in [-0.3, -0.25) is 14.5 Å². The molecule has 0 bridgehead atoms. The van der Waals surface area contributed by atoms with Gasteiger partial charge in [-0.2, -0.15) is 0 Å². The van der Waals surface area contributed by atoms with Crippen molar-refractivity contribution in [3.8, 4) is 10.7 Å². The number of thiazole rings is 1. The second-order valence-electron chi connectivity index (χ2n) is 6.54. The minimum atomic E-state index is -0.397. The number of fused-ring (bicyclic) bond motifs is 1. The van der Waals surface area contributed by atoms with Gasteiger partial charge < -0.3 is 10.3 Å². The lowest BCUT2D eigenvalue weighted by Crippen LogP contribution is -2.32. The number of aromatic nitrogens is 4. The SMILES string of the molecule is CCN(C(=O)CSc1nnc(-c2cccs2)n1CCC(N)=O)c1nc2ccccc2s1. The van der Waals surface area contributed by atoms with Crippen molar-refractivity contribution < 1.29 is 9.59 Å². The number of thioether (sulfide) groups is 1. The molecule has 4 rings (SSSR count). The van der Waals surface area contributed by atoms with Gasteiger partial charge in [0.2, 0.25) is 11.8 Å². The predicted molar refractivity (Wildman–Crippen MR) is 126 cm³/mol. The number of nitrogens with two attached hydrogens (primary N) is 1. The second kappa shape index (κ2) is 9.58. The van der Waals surface area contributed by atoms with Crippen molar-refractivity contribution in [2.75, 3.05) is 17.2 Å². The van der Waals surface area contributed by atoms with Crippen molar-refractivity contribution in [2.45, 2.75) is 25.0 Å². The third kappa shape index (κ3) is 4.78. The van der Waals surface area contributed by atoms with Gasteiger partial charge in [0.1, 0.15) is 0 Å². The van der Waals surface area contributed by atoms with Gasteiger partial charge in [-0.05, 0) is 30.5 Å². The zero-order valence-corrected chi connectivity index (χ0v) is 19.2. The Balaban J connectivity index is 1.52. The number of carbonyl (C=O) groups is 2. The van der Waals surface area contributed by atoms with E-state index in [0.717, 1.165) is 15.1 Å². The first kappa shape index (κ1) is 21.5. The maximum absolute atomic E-state index is 13.0. The maximum Gasteiger partial charge on any atom is 0.239 e. The molecule has 2 N–H and O–H groups in total. The van der Waals surface area contributed by atoms with Crippen molar-refractivity contribution in [3.05, 3.63) is 41.8 Å². The molecule has 0 saturated heterocycles. The molecule has 160 valence electrons. The fraction of sp³-hybridized carbons (Fsp3) is 0.250. The quantitative estimate of drug-likeness (QED) is 0.373. The molecule has 0 aliphatic carbocycles. The Hall–Kier alpha value is -2.76. The molecule has 0 fully saturated rings. The van der Waals surface area contributed by atoms with E-state index >= 15 is 0 Å². The molecule has 4 aromatic rings. The average Bonchev–Trinajstić information content (AvgIpc) is 3.49. The summed E-state index contributed by atoms with van der Waals surface area (Å²) in [4.78, 5) is 31.5. The van der Waals surface area contributed by atoms with Gasteiger partial charge in [-0.15, -0.1) is 21.5 Å². The molecule has 3 heterocycles. The molecule has 8 nitrogen and oxygen atoms in total. The Kier molecular flexibility index (Phi) is 6.64. The Labute approximate surface area is 191 Å². The van der Waals surface area contributed by atoms with E-state index in [4.69, 9.17) is 5.73 Å². The molecular weight excluding hydrogens is 452 g/mol. The first-order valence-electron chi connectivity index (χ1n) is 9.61. The fourth-order valence-electron chi connectivity index (χ4n) is 3.01. The molecule has 0 radical (unpaired) electrons. The van der Waals surface area contributed by atoms with Gasteiger partial charge in [0.05, 0.1) is 20.8 Å². The summed E-state index contributed by atoms with van der Waals surface area (Å²) in [5.41, 5.74) is 6.22. The summed E-state index contributed by atoms with van der Waals surface area (Å²) in [5.74, 6) is 0.396. The largest absolute Gasteiger partial charge is 0.370 e. The van der Waals surface area contributed by atoms with E-state index in [1.165, 1.54) is 34.4 Å². The van der Waals surface area contributed by atoms with Crippen LogP contribution in [0, 0.1) is 0 Å². The van der Waals surface area contributed by atoms with Crippen molar-refractivity contribution in [1.82, 2.24) is 19.7 Å². The van der Waals surface area contributed by atoms with Gasteiger partial charge in [0, 0.05) is 19.5 Å². The third-order valence-electron chi connectivity index (χ3n) is 4.50. The number of thiophene rings is 1. The number of carbonyl (C=O) groups excluding carboxylic acids is 2. The van der Waals surface area contributed by atoms with E-state index in [2.05, 4.69) is 15.2 Å². The maximum atomic E-state index is 13.0. The lowest BCUT2D eigenvalue weighted by atomic mass is 10.3. The minimum Gasteiger partial charge on any atom is -0.370 e. The number of amides is 2. The molecular formula is C20H20N6O2S3. The van der Waals surface area contributed by atoms with Crippen LogP contribution in [0.15, 0.2) is 46.9 Å². The summed E-state index contributed by atoms with van der Waals surface area (Å²) in [6, 6.07) is 11.7. The van der Waals surface area contributed by atoms with Crippen LogP contribution in [0.1, 0.15) is 13.3 Å². The molecule has 1 aromatic carbocycles. The molecule has 0 saturated carbocycles. The summed E-state index contributed by atoms with van der Waals surface area (Å²) >= 11 is 4.34. The summed E-state index contributed by atoms with van der Waals surface area (Å²) in [6.45, 7) is 2.81. The van der Waals surface area contributed by atoms with E-state index in [-0.39, 0.29) is 18.1 Å². The topological polar surface area (TPSA) is 107 Å². The number of hydrogen-bond acceptors (Lipinski definition) is 8. The van der Waals surface area contributed by atoms with Crippen molar-refractivity contribution in [3.63, 3.8) is 0 Å². The third-order valence-corrected chi connectivity index (χ3v) is 7.37. The summed E-state index contributed by atoms with van der Waals surface area (Å²) in [5, 5.41) is 11.8. The lowest BCUT2D eigenvalue weighted by Gasteiger charge is -2.17. The van der Waals surface area contributed by atoms with Crippen molar-refractivity contribution in [1.29, 1.82) is 0 Å². The van der Waals surface area contributed by atoms with Crippen LogP contribution in [-0.4, -0.2) is 43.9 Å². The number of nitrogens with zero attached hydrogens (tertiary/aromatic N) is 5. The number of hydrogen-bond donors (Lipinski definition) is 1. The van der Waals surface area contributed by atoms with Crippen LogP contribution in [0.2, 0.25) is 0 Å². The number of para-hydroxylation sites is 1. The highest BCUT2D eigenvalue weighted by Gasteiger charge is 2.21. The van der Waals surface area contributed by atoms with Gasteiger partial charge >= 0.3 is 0 Å². The molecule has 2 amide bonds. The Bertz CT molecular complexity index is 1170. The van der Waals surface area contributed by atoms with E-state index in [1.807, 2.05) is 53.3 Å². The van der Waals surface area contributed by atoms with Crippen LogP contribution >= 0.6 is 34.4 Å². The van der Waals surface area contributed by atoms with Crippen LogP contribution in [0.4, 0.5) is 5.13 Å². The van der Waals surface area contributed by atoms with E-state index in [1.54, 1.807) is 4.90 Å². The molecule has 3 aromatic heterocycles. The second-order valence-corrected chi connectivity index (χ2v) is 9.44. The fourth-order valence-corrected chi connectivity index (χ4v) is 5.61. The Morgan fingerprint density at radius 3 is 2.74 bits per heavy atom. The number of benzene rings is 1. The molecule has 0 unspecified atom stereocenters. The van der Waals surface area contributed by atoms with Gasteiger partial charge in [0.25, 0.3) is 0 Å². The average molecular weight is 473 g/mol. The summed E-state index contributed by atoms with van der Waals surface area (Å²) in [7, 11) is 0. The van der Waals surface area contributed by atoms with Crippen LogP contribution in [-0.2, 0) is 16.1 Å². The lowest BCUT2D eigenvalue weighted by molar-refractivity contribution is -0.118. The highest BCUT2D eigenvalue weighted by Crippen LogP contribution is 2.30. The van der Waals surface area contributed by atoms with Crippen LogP contribution in [0.5, 0.6) is 0 Å².